The van der Waals surface area contributed by atoms with Crippen LogP contribution in [0.5, 0.6) is 0 Å². The topological polar surface area (TPSA) is 61.8 Å². The number of rotatable bonds is 16. The Hall–Kier alpha value is -1.30. The fraction of sp³-hybridized carbons (Fsp3) is 0.684. The third kappa shape index (κ3) is 13.2. The Morgan fingerprint density at radius 2 is 1.58 bits per heavy atom. The molecule has 0 saturated carbocycles. The van der Waals surface area contributed by atoms with E-state index in [1.807, 2.05) is 20.8 Å². The predicted octanol–water partition coefficient (Wildman–Crippen LogP) is 3.13. The Bertz CT molecular complexity index is 391. The van der Waals surface area contributed by atoms with Gasteiger partial charge in [0.25, 0.3) is 0 Å². The van der Waals surface area contributed by atoms with Gasteiger partial charge in [-0.05, 0) is 38.3 Å². The first-order chi connectivity index (χ1) is 11.4. The van der Waals surface area contributed by atoms with Gasteiger partial charge in [0.2, 0.25) is 0 Å². The number of ketones is 2. The number of ether oxygens (including phenoxy) is 3. The molecule has 0 aliphatic rings. The van der Waals surface area contributed by atoms with Crippen LogP contribution >= 0.6 is 0 Å². The van der Waals surface area contributed by atoms with E-state index < -0.39 is 0 Å². The zero-order valence-corrected chi connectivity index (χ0v) is 15.3. The highest BCUT2D eigenvalue weighted by Crippen LogP contribution is 2.06. The third-order valence-corrected chi connectivity index (χ3v) is 3.45. The first-order valence-corrected chi connectivity index (χ1v) is 8.50. The van der Waals surface area contributed by atoms with E-state index in [1.54, 1.807) is 0 Å². The summed E-state index contributed by atoms with van der Waals surface area (Å²) in [6, 6.07) is 0. The summed E-state index contributed by atoms with van der Waals surface area (Å²) in [5.74, 6) is 0.244. The van der Waals surface area contributed by atoms with Crippen molar-refractivity contribution < 1.29 is 23.8 Å². The van der Waals surface area contributed by atoms with Crippen molar-refractivity contribution in [1.82, 2.24) is 0 Å². The van der Waals surface area contributed by atoms with Crippen LogP contribution in [-0.2, 0) is 23.8 Å². The molecule has 0 fully saturated rings. The largest absolute Gasteiger partial charge is 0.376 e. The average Bonchev–Trinajstić information content (AvgIpc) is 2.57. The van der Waals surface area contributed by atoms with Gasteiger partial charge < -0.3 is 14.2 Å². The maximum atomic E-state index is 11.2. The van der Waals surface area contributed by atoms with Crippen LogP contribution in [-0.4, -0.2) is 50.2 Å². The molecular formula is C19H32O5. The molecule has 0 aromatic carbocycles. The maximum Gasteiger partial charge on any atom is 0.155 e. The van der Waals surface area contributed by atoms with Crippen LogP contribution in [0, 0.1) is 5.92 Å². The van der Waals surface area contributed by atoms with Gasteiger partial charge in [-0.25, -0.2) is 0 Å². The normalized spacial score (nSPS) is 14.6. The average molecular weight is 340 g/mol. The maximum absolute atomic E-state index is 11.2. The standard InChI is InChI=1S/C19H32O5/c1-6-18(20)9-8-16(4)23-11-10-22-14-17(5)24-13-15(3)12-19(21)7-2/h6-7,15-17H,1-2,8-14H2,3-5H3. The van der Waals surface area contributed by atoms with Gasteiger partial charge >= 0.3 is 0 Å². The second-order valence-electron chi connectivity index (χ2n) is 6.09. The van der Waals surface area contributed by atoms with Gasteiger partial charge in [-0.2, -0.15) is 0 Å². The Morgan fingerprint density at radius 3 is 2.21 bits per heavy atom. The zero-order chi connectivity index (χ0) is 18.4. The summed E-state index contributed by atoms with van der Waals surface area (Å²) in [4.78, 5) is 22.3. The van der Waals surface area contributed by atoms with Gasteiger partial charge in [0, 0.05) is 12.8 Å². The van der Waals surface area contributed by atoms with E-state index in [9.17, 15) is 9.59 Å². The molecule has 5 heteroatoms. The van der Waals surface area contributed by atoms with Gasteiger partial charge in [0.1, 0.15) is 0 Å². The van der Waals surface area contributed by atoms with E-state index in [2.05, 4.69) is 13.2 Å². The molecule has 3 atom stereocenters. The minimum Gasteiger partial charge on any atom is -0.376 e. The highest BCUT2D eigenvalue weighted by atomic mass is 16.5. The minimum absolute atomic E-state index is 0.0226. The van der Waals surface area contributed by atoms with Crippen molar-refractivity contribution in [3.8, 4) is 0 Å². The van der Waals surface area contributed by atoms with Crippen molar-refractivity contribution in [2.45, 2.75) is 52.2 Å². The van der Waals surface area contributed by atoms with Crippen LogP contribution in [0.25, 0.3) is 0 Å². The number of carbonyl (C=O) groups is 2. The molecule has 0 aromatic heterocycles. The molecule has 0 aromatic rings. The summed E-state index contributed by atoms with van der Waals surface area (Å²) in [6.07, 6.45) is 4.28. The number of hydrogen-bond donors (Lipinski definition) is 0. The second-order valence-corrected chi connectivity index (χ2v) is 6.09. The van der Waals surface area contributed by atoms with E-state index in [-0.39, 0.29) is 29.7 Å². The number of allylic oxidation sites excluding steroid dienone is 2. The van der Waals surface area contributed by atoms with Gasteiger partial charge in [-0.3, -0.25) is 9.59 Å². The quantitative estimate of drug-likeness (QED) is 0.319. The molecule has 24 heavy (non-hydrogen) atoms. The predicted molar refractivity (Wildman–Crippen MR) is 95.1 cm³/mol. The highest BCUT2D eigenvalue weighted by Gasteiger charge is 2.10. The van der Waals surface area contributed by atoms with Crippen LogP contribution in [0.2, 0.25) is 0 Å². The van der Waals surface area contributed by atoms with Crippen LogP contribution in [0.1, 0.15) is 40.0 Å². The van der Waals surface area contributed by atoms with Gasteiger partial charge in [0.15, 0.2) is 11.6 Å². The molecular weight excluding hydrogens is 308 g/mol. The Labute approximate surface area is 146 Å². The van der Waals surface area contributed by atoms with E-state index in [4.69, 9.17) is 14.2 Å². The minimum atomic E-state index is -0.0334. The van der Waals surface area contributed by atoms with Crippen molar-refractivity contribution >= 4 is 11.6 Å². The molecule has 0 spiro atoms. The molecule has 3 unspecified atom stereocenters. The summed E-state index contributed by atoms with van der Waals surface area (Å²) < 4.78 is 16.7. The summed E-state index contributed by atoms with van der Waals surface area (Å²) in [7, 11) is 0. The Morgan fingerprint density at radius 1 is 0.917 bits per heavy atom. The van der Waals surface area contributed by atoms with E-state index in [1.165, 1.54) is 12.2 Å². The fourth-order valence-corrected chi connectivity index (χ4v) is 1.95. The van der Waals surface area contributed by atoms with Crippen molar-refractivity contribution in [2.75, 3.05) is 26.4 Å². The van der Waals surface area contributed by atoms with Crippen LogP contribution in [0.3, 0.4) is 0 Å². The zero-order valence-electron chi connectivity index (χ0n) is 15.3. The summed E-state index contributed by atoms with van der Waals surface area (Å²) >= 11 is 0. The molecule has 0 aliphatic heterocycles. The molecule has 0 N–H and O–H groups in total. The van der Waals surface area contributed by atoms with Crippen LogP contribution in [0.4, 0.5) is 0 Å². The Balaban J connectivity index is 3.59. The third-order valence-electron chi connectivity index (χ3n) is 3.45. The number of carbonyl (C=O) groups excluding carboxylic acids is 2. The van der Waals surface area contributed by atoms with E-state index in [0.717, 1.165) is 0 Å². The van der Waals surface area contributed by atoms with Crippen LogP contribution < -0.4 is 0 Å². The first-order valence-electron chi connectivity index (χ1n) is 8.50. The summed E-state index contributed by atoms with van der Waals surface area (Å²) in [5.41, 5.74) is 0. The molecule has 0 aliphatic carbocycles. The Kier molecular flexibility index (Phi) is 13.3. The monoisotopic (exact) mass is 340 g/mol. The molecule has 0 saturated heterocycles. The lowest BCUT2D eigenvalue weighted by atomic mass is 10.1. The van der Waals surface area contributed by atoms with Crippen LogP contribution in [0.15, 0.2) is 25.3 Å². The molecule has 5 nitrogen and oxygen atoms in total. The van der Waals surface area contributed by atoms with Crippen molar-refractivity contribution in [3.63, 3.8) is 0 Å². The summed E-state index contributed by atoms with van der Waals surface area (Å²) in [5, 5.41) is 0. The van der Waals surface area contributed by atoms with E-state index in [0.29, 0.717) is 45.7 Å². The van der Waals surface area contributed by atoms with E-state index >= 15 is 0 Å². The van der Waals surface area contributed by atoms with Crippen molar-refractivity contribution in [1.29, 1.82) is 0 Å². The number of hydrogen-bond acceptors (Lipinski definition) is 5. The van der Waals surface area contributed by atoms with Crippen molar-refractivity contribution in [2.24, 2.45) is 5.92 Å². The lowest BCUT2D eigenvalue weighted by Gasteiger charge is -2.17. The smallest absolute Gasteiger partial charge is 0.155 e. The molecule has 0 bridgehead atoms. The molecule has 0 heterocycles. The lowest BCUT2D eigenvalue weighted by molar-refractivity contribution is -0.116. The molecule has 0 rings (SSSR count). The van der Waals surface area contributed by atoms with Crippen molar-refractivity contribution in [3.05, 3.63) is 25.3 Å². The molecule has 0 radical (unpaired) electrons. The van der Waals surface area contributed by atoms with Gasteiger partial charge in [-0.15, -0.1) is 0 Å². The molecule has 0 amide bonds. The molecule has 138 valence electrons. The second kappa shape index (κ2) is 14.1. The SMILES string of the molecule is C=CC(=O)CCC(C)OCCOCC(C)OCC(C)CC(=O)C=C. The summed E-state index contributed by atoms with van der Waals surface area (Å²) in [6.45, 7) is 14.7. The lowest BCUT2D eigenvalue weighted by Crippen LogP contribution is -2.22. The van der Waals surface area contributed by atoms with Gasteiger partial charge in [0.05, 0.1) is 38.6 Å². The highest BCUT2D eigenvalue weighted by molar-refractivity contribution is 5.89. The first kappa shape index (κ1) is 22.7. The fourth-order valence-electron chi connectivity index (χ4n) is 1.95. The van der Waals surface area contributed by atoms with Gasteiger partial charge in [-0.1, -0.05) is 20.1 Å².